The van der Waals surface area contributed by atoms with Crippen LogP contribution in [0, 0.1) is 0 Å². The maximum absolute atomic E-state index is 2.39. The molecule has 0 aliphatic heterocycles. The molecule has 0 aliphatic rings. The van der Waals surface area contributed by atoms with Gasteiger partial charge in [-0.2, -0.15) is 23.6 Å². The summed E-state index contributed by atoms with van der Waals surface area (Å²) < 4.78 is 0. The summed E-state index contributed by atoms with van der Waals surface area (Å²) >= 11 is 0. The van der Waals surface area contributed by atoms with Crippen LogP contribution >= 0.6 is 7.92 Å². The van der Waals surface area contributed by atoms with Crippen LogP contribution in [0.15, 0.2) is 78.9 Å². The first-order chi connectivity index (χ1) is 12.1. The second-order valence-electron chi connectivity index (χ2n) is 7.09. The molecule has 0 aromatic heterocycles. The summed E-state index contributed by atoms with van der Waals surface area (Å²) in [5.41, 5.74) is 1.54. The van der Waals surface area contributed by atoms with E-state index in [4.69, 9.17) is 0 Å². The van der Waals surface area contributed by atoms with Gasteiger partial charge >= 0.3 is 21.7 Å². The largest absolute Gasteiger partial charge is 4.00 e. The fourth-order valence-electron chi connectivity index (χ4n) is 3.55. The number of hydrogen-bond acceptors (Lipinski definition) is 0. The third-order valence-corrected chi connectivity index (χ3v) is 7.64. The van der Waals surface area contributed by atoms with Gasteiger partial charge in [-0.1, -0.05) is 47.7 Å². The molecule has 0 fully saturated rings. The van der Waals surface area contributed by atoms with Crippen molar-refractivity contribution in [3.63, 3.8) is 0 Å². The molecule has 4 aromatic rings. The van der Waals surface area contributed by atoms with E-state index in [2.05, 4.69) is 107 Å². The molecule has 4 rings (SSSR count). The van der Waals surface area contributed by atoms with Crippen molar-refractivity contribution < 1.29 is 46.5 Å². The van der Waals surface area contributed by atoms with Crippen molar-refractivity contribution >= 4 is 34.8 Å². The van der Waals surface area contributed by atoms with Crippen LogP contribution in [0.4, 0.5) is 0 Å². The van der Waals surface area contributed by atoms with Gasteiger partial charge in [-0.15, -0.1) is 70.0 Å². The average molecular weight is 465 g/mol. The first-order valence-electron chi connectivity index (χ1n) is 9.10. The van der Waals surface area contributed by atoms with Crippen molar-refractivity contribution in [2.45, 2.75) is 39.0 Å². The summed E-state index contributed by atoms with van der Waals surface area (Å²) in [7, 11) is -0.0206. The van der Waals surface area contributed by atoms with Gasteiger partial charge < -0.3 is 24.8 Å². The molecule has 0 saturated heterocycles. The molecular weight excluding hydrogens is 438 g/mol. The Morgan fingerprint density at radius 3 is 1.79 bits per heavy atom. The van der Waals surface area contributed by atoms with E-state index in [0.29, 0.717) is 0 Å². The van der Waals surface area contributed by atoms with Crippen molar-refractivity contribution in [3.05, 3.63) is 78.9 Å². The maximum Gasteiger partial charge on any atom is 4.00 e. The van der Waals surface area contributed by atoms with E-state index in [1.54, 1.807) is 5.30 Å². The van der Waals surface area contributed by atoms with Crippen LogP contribution in [0.5, 0.6) is 0 Å². The second kappa shape index (κ2) is 12.8. The average Bonchev–Trinajstić information content (AvgIpc) is 3.21. The van der Waals surface area contributed by atoms with E-state index in [1.807, 2.05) is 0 Å². The van der Waals surface area contributed by atoms with Gasteiger partial charge in [-0.25, -0.2) is 0 Å². The van der Waals surface area contributed by atoms with Crippen LogP contribution in [0.3, 0.4) is 0 Å². The van der Waals surface area contributed by atoms with E-state index in [-0.39, 0.29) is 54.5 Å². The Hall–Kier alpha value is -0.616. The standard InChI is InChI=1S/C15H20P.C9H7.2ClH.Ti/c1-11(2)16(12(3)4)15-9-13-7-5-6-8-14(13)10-15;1-2-5-9-7-3-6-8(9)4-1;;;/h5-12H,1-4H3;1-7H;2*1H;/q2*-1;;;+4/p-2. The van der Waals surface area contributed by atoms with E-state index >= 15 is 0 Å². The van der Waals surface area contributed by atoms with Crippen LogP contribution in [0.1, 0.15) is 27.7 Å². The number of fused-ring (bicyclic) bond motifs is 2. The third-order valence-electron chi connectivity index (χ3n) is 4.56. The summed E-state index contributed by atoms with van der Waals surface area (Å²) in [6.07, 6.45) is 0. The molecule has 4 heteroatoms. The zero-order valence-corrected chi connectivity index (χ0v) is 20.8. The predicted octanol–water partition coefficient (Wildman–Crippen LogP) is 1.05. The quantitative estimate of drug-likeness (QED) is 0.241. The van der Waals surface area contributed by atoms with Crippen LogP contribution in [-0.2, 0) is 21.7 Å². The van der Waals surface area contributed by atoms with E-state index < -0.39 is 0 Å². The van der Waals surface area contributed by atoms with Crippen molar-refractivity contribution in [2.75, 3.05) is 0 Å². The first kappa shape index (κ1) is 27.4. The topological polar surface area (TPSA) is 0 Å². The van der Waals surface area contributed by atoms with Crippen molar-refractivity contribution in [3.8, 4) is 0 Å². The van der Waals surface area contributed by atoms with Gasteiger partial charge in [-0.05, 0) is 11.3 Å². The summed E-state index contributed by atoms with van der Waals surface area (Å²) in [4.78, 5) is 0. The van der Waals surface area contributed by atoms with Gasteiger partial charge in [0.1, 0.15) is 0 Å². The zero-order valence-electron chi connectivity index (χ0n) is 16.9. The number of benzene rings is 2. The van der Waals surface area contributed by atoms with E-state index in [9.17, 15) is 0 Å². The van der Waals surface area contributed by atoms with Crippen LogP contribution in [0.2, 0.25) is 0 Å². The number of hydrogen-bond donors (Lipinski definition) is 0. The molecule has 0 atom stereocenters. The molecule has 0 saturated carbocycles. The zero-order chi connectivity index (χ0) is 17.8. The van der Waals surface area contributed by atoms with Crippen LogP contribution in [0.25, 0.3) is 21.5 Å². The fraction of sp³-hybridized carbons (Fsp3) is 0.250. The Bertz CT molecular complexity index is 869. The third kappa shape index (κ3) is 6.72. The molecule has 0 N–H and O–H groups in total. The Morgan fingerprint density at radius 2 is 1.25 bits per heavy atom. The van der Waals surface area contributed by atoms with Gasteiger partial charge in [0, 0.05) is 0 Å². The molecule has 146 valence electrons. The van der Waals surface area contributed by atoms with Crippen molar-refractivity contribution in [1.82, 2.24) is 0 Å². The summed E-state index contributed by atoms with van der Waals surface area (Å²) in [6.45, 7) is 9.40. The van der Waals surface area contributed by atoms with Gasteiger partial charge in [0.15, 0.2) is 0 Å². The monoisotopic (exact) mass is 464 g/mol. The molecule has 0 radical (unpaired) electrons. The molecule has 0 bridgehead atoms. The van der Waals surface area contributed by atoms with Gasteiger partial charge in [0.05, 0.1) is 0 Å². The number of halogens is 2. The molecule has 4 aromatic carbocycles. The number of rotatable bonds is 3. The SMILES string of the molecule is CC(C)P(c1cc2ccccc2[cH-]1)C(C)C.[Cl-].[Cl-].[Ti+4].c1ccc2[cH-]ccc2c1. The van der Waals surface area contributed by atoms with Crippen molar-refractivity contribution in [1.29, 1.82) is 0 Å². The maximum atomic E-state index is 2.39. The predicted molar refractivity (Wildman–Crippen MR) is 116 cm³/mol. The molecule has 0 aliphatic carbocycles. The Labute approximate surface area is 198 Å². The Balaban J connectivity index is 0.000000525. The minimum atomic E-state index is -0.0206. The van der Waals surface area contributed by atoms with E-state index in [0.717, 1.165) is 11.3 Å². The Kier molecular flexibility index (Phi) is 12.6. The molecule has 0 heterocycles. The van der Waals surface area contributed by atoms with Gasteiger partial charge in [0.2, 0.25) is 0 Å². The second-order valence-corrected chi connectivity index (χ2v) is 10.5. The minimum absolute atomic E-state index is 0. The molecule has 28 heavy (non-hydrogen) atoms. The first-order valence-corrected chi connectivity index (χ1v) is 10.6. The summed E-state index contributed by atoms with van der Waals surface area (Å²) in [5.74, 6) is 0. The molecule has 0 spiro atoms. The van der Waals surface area contributed by atoms with Crippen molar-refractivity contribution in [2.24, 2.45) is 0 Å². The normalized spacial score (nSPS) is 10.2. The molecule has 0 nitrogen and oxygen atoms in total. The molecule has 0 amide bonds. The van der Waals surface area contributed by atoms with Crippen LogP contribution in [-0.4, -0.2) is 11.3 Å². The van der Waals surface area contributed by atoms with Crippen LogP contribution < -0.4 is 30.1 Å². The van der Waals surface area contributed by atoms with Gasteiger partial charge in [0.25, 0.3) is 0 Å². The van der Waals surface area contributed by atoms with Gasteiger partial charge in [-0.3, -0.25) is 0 Å². The Morgan fingerprint density at radius 1 is 0.714 bits per heavy atom. The fourth-order valence-corrected chi connectivity index (χ4v) is 6.51. The molecular formula is C24H27Cl2PTi. The summed E-state index contributed by atoms with van der Waals surface area (Å²) in [5, 5.41) is 7.02. The summed E-state index contributed by atoms with van der Waals surface area (Å²) in [6, 6.07) is 28.1. The smallest absolute Gasteiger partial charge is 1.00 e. The molecule has 0 unspecified atom stereocenters. The van der Waals surface area contributed by atoms with E-state index in [1.165, 1.54) is 21.5 Å². The minimum Gasteiger partial charge on any atom is -1.00 e.